The van der Waals surface area contributed by atoms with Crippen molar-refractivity contribution in [3.8, 4) is 0 Å². The number of hydrogen-bond donors (Lipinski definition) is 2. The molecule has 0 heterocycles. The summed E-state index contributed by atoms with van der Waals surface area (Å²) in [6.07, 6.45) is 8.75. The van der Waals surface area contributed by atoms with Gasteiger partial charge in [0.15, 0.2) is 0 Å². The number of rotatable bonds is 10. The Kier molecular flexibility index (Phi) is 11.9. The van der Waals surface area contributed by atoms with Gasteiger partial charge in [0.05, 0.1) is 0 Å². The van der Waals surface area contributed by atoms with Crippen molar-refractivity contribution in [1.82, 2.24) is 5.32 Å². The van der Waals surface area contributed by atoms with E-state index >= 15 is 0 Å². The van der Waals surface area contributed by atoms with Crippen LogP contribution in [0.25, 0.3) is 12.2 Å². The first-order valence-electron chi connectivity index (χ1n) is 11.7. The van der Waals surface area contributed by atoms with E-state index in [2.05, 4.69) is 48.8 Å². The lowest BCUT2D eigenvalue weighted by molar-refractivity contribution is 0.0931. The minimum Gasteiger partial charge on any atom is -0.349 e. The number of carbonyl (C=O) groups is 1. The van der Waals surface area contributed by atoms with Gasteiger partial charge in [-0.15, -0.1) is 6.58 Å². The van der Waals surface area contributed by atoms with E-state index in [4.69, 9.17) is 11.6 Å². The molecule has 0 aromatic heterocycles. The maximum atomic E-state index is 12.8. The van der Waals surface area contributed by atoms with E-state index in [1.54, 1.807) is 0 Å². The Morgan fingerprint density at radius 2 is 1.50 bits per heavy atom. The molecule has 4 heteroatoms. The Hall–Kier alpha value is -3.14. The third kappa shape index (κ3) is 9.01. The molecule has 2 atom stereocenters. The molecule has 0 spiro atoms. The van der Waals surface area contributed by atoms with Gasteiger partial charge in [0, 0.05) is 16.6 Å². The van der Waals surface area contributed by atoms with Gasteiger partial charge in [-0.2, -0.15) is 0 Å². The van der Waals surface area contributed by atoms with Gasteiger partial charge in [0.25, 0.3) is 5.91 Å². The van der Waals surface area contributed by atoms with Gasteiger partial charge in [-0.1, -0.05) is 91.4 Å². The van der Waals surface area contributed by atoms with E-state index < -0.39 is 0 Å². The summed E-state index contributed by atoms with van der Waals surface area (Å²) in [5.41, 5.74) is 8.58. The molecule has 1 amide bonds. The smallest absolute Gasteiger partial charge is 0.251 e. The van der Waals surface area contributed by atoms with Gasteiger partial charge in [-0.05, 0) is 73.2 Å². The highest BCUT2D eigenvalue weighted by molar-refractivity contribution is 6.30. The van der Waals surface area contributed by atoms with Gasteiger partial charge in [0.1, 0.15) is 0 Å². The first-order chi connectivity index (χ1) is 16.6. The average molecular weight is 475 g/mol. The molecule has 3 aromatic rings. The van der Waals surface area contributed by atoms with Crippen LogP contribution < -0.4 is 11.1 Å². The summed E-state index contributed by atoms with van der Waals surface area (Å²) in [6, 6.07) is 25.9. The Morgan fingerprint density at radius 3 is 2.03 bits per heavy atom. The number of hydrogen-bond acceptors (Lipinski definition) is 2. The molecule has 0 saturated carbocycles. The molecule has 3 rings (SSSR count). The highest BCUT2D eigenvalue weighted by Crippen LogP contribution is 2.18. The van der Waals surface area contributed by atoms with E-state index in [1.807, 2.05) is 72.8 Å². The SMILES string of the molecule is C=CC(Cc1ccccc1)CC(CC)NC(=O)c1ccc(/C=C/c2ccc(Cl)cc2)cc1.CN. The van der Waals surface area contributed by atoms with Crippen LogP contribution in [0.2, 0.25) is 5.02 Å². The number of benzene rings is 3. The largest absolute Gasteiger partial charge is 0.349 e. The third-order valence-corrected chi connectivity index (χ3v) is 5.85. The quantitative estimate of drug-likeness (QED) is 0.245. The van der Waals surface area contributed by atoms with Gasteiger partial charge >= 0.3 is 0 Å². The van der Waals surface area contributed by atoms with Crippen molar-refractivity contribution in [2.75, 3.05) is 7.05 Å². The molecule has 34 heavy (non-hydrogen) atoms. The molecule has 3 aromatic carbocycles. The number of halogens is 1. The fourth-order valence-corrected chi connectivity index (χ4v) is 3.78. The fraction of sp³-hybridized carbons (Fsp3) is 0.233. The Morgan fingerprint density at radius 1 is 0.941 bits per heavy atom. The molecular formula is C30H35ClN2O. The van der Waals surface area contributed by atoms with E-state index in [0.717, 1.165) is 35.4 Å². The summed E-state index contributed by atoms with van der Waals surface area (Å²) in [5.74, 6) is 0.288. The minimum atomic E-state index is -0.0346. The fourth-order valence-electron chi connectivity index (χ4n) is 3.65. The van der Waals surface area contributed by atoms with Crippen LogP contribution in [0.4, 0.5) is 0 Å². The zero-order valence-corrected chi connectivity index (χ0v) is 20.8. The monoisotopic (exact) mass is 474 g/mol. The van der Waals surface area contributed by atoms with Crippen LogP contribution in [-0.2, 0) is 6.42 Å². The van der Waals surface area contributed by atoms with Crippen molar-refractivity contribution in [2.45, 2.75) is 32.2 Å². The highest BCUT2D eigenvalue weighted by Gasteiger charge is 2.16. The second-order valence-corrected chi connectivity index (χ2v) is 8.44. The van der Waals surface area contributed by atoms with E-state index in [9.17, 15) is 4.79 Å². The van der Waals surface area contributed by atoms with Gasteiger partial charge < -0.3 is 11.1 Å². The van der Waals surface area contributed by atoms with Crippen molar-refractivity contribution in [3.05, 3.63) is 119 Å². The van der Waals surface area contributed by atoms with E-state index in [0.29, 0.717) is 11.5 Å². The molecule has 3 nitrogen and oxygen atoms in total. The molecule has 0 saturated heterocycles. The molecule has 178 valence electrons. The van der Waals surface area contributed by atoms with E-state index in [-0.39, 0.29) is 11.9 Å². The molecule has 0 aliphatic heterocycles. The number of allylic oxidation sites excluding steroid dienone is 1. The van der Waals surface area contributed by atoms with Crippen LogP contribution in [0.1, 0.15) is 46.8 Å². The lowest BCUT2D eigenvalue weighted by Crippen LogP contribution is -2.36. The van der Waals surface area contributed by atoms with Crippen molar-refractivity contribution in [1.29, 1.82) is 0 Å². The molecule has 0 radical (unpaired) electrons. The van der Waals surface area contributed by atoms with Crippen LogP contribution in [0, 0.1) is 5.92 Å². The maximum Gasteiger partial charge on any atom is 0.251 e. The molecule has 0 aliphatic rings. The normalized spacial score (nSPS) is 12.4. The van der Waals surface area contributed by atoms with Crippen molar-refractivity contribution in [2.24, 2.45) is 11.7 Å². The molecular weight excluding hydrogens is 440 g/mol. The zero-order chi connectivity index (χ0) is 24.8. The Bertz CT molecular complexity index is 1030. The van der Waals surface area contributed by atoms with Crippen molar-refractivity contribution >= 4 is 29.7 Å². The van der Waals surface area contributed by atoms with Crippen LogP contribution in [0.15, 0.2) is 91.5 Å². The summed E-state index contributed by atoms with van der Waals surface area (Å²) < 4.78 is 0. The van der Waals surface area contributed by atoms with Crippen molar-refractivity contribution in [3.63, 3.8) is 0 Å². The minimum absolute atomic E-state index is 0.0346. The Balaban J connectivity index is 0.00000199. The van der Waals surface area contributed by atoms with Crippen LogP contribution in [-0.4, -0.2) is 19.0 Å². The topological polar surface area (TPSA) is 55.1 Å². The summed E-state index contributed by atoms with van der Waals surface area (Å²) in [5, 5.41) is 3.92. The van der Waals surface area contributed by atoms with Gasteiger partial charge in [0.2, 0.25) is 0 Å². The highest BCUT2D eigenvalue weighted by atomic mass is 35.5. The molecule has 0 bridgehead atoms. The summed E-state index contributed by atoms with van der Waals surface area (Å²) >= 11 is 5.93. The number of amides is 1. The maximum absolute atomic E-state index is 12.8. The van der Waals surface area contributed by atoms with Crippen LogP contribution in [0.5, 0.6) is 0 Å². The predicted molar refractivity (Wildman–Crippen MR) is 147 cm³/mol. The first kappa shape index (κ1) is 27.1. The predicted octanol–water partition coefficient (Wildman–Crippen LogP) is 7.03. The van der Waals surface area contributed by atoms with E-state index in [1.165, 1.54) is 12.6 Å². The molecule has 0 fully saturated rings. The lowest BCUT2D eigenvalue weighted by atomic mass is 9.91. The third-order valence-electron chi connectivity index (χ3n) is 5.60. The standard InChI is InChI=1S/C29H30ClNO.CH5N/c1-3-22(20-25-8-6-5-7-9-25)21-28(4-2)31-29(32)26-16-12-23(13-17-26)10-11-24-14-18-27(30)19-15-24;1-2/h3,5-19,22,28H,1,4,20-21H2,2H3,(H,31,32);2H2,1H3/b11-10+;. The molecule has 3 N–H and O–H groups in total. The number of carbonyl (C=O) groups excluding carboxylic acids is 1. The number of nitrogens with one attached hydrogen (secondary N) is 1. The lowest BCUT2D eigenvalue weighted by Gasteiger charge is -2.22. The van der Waals surface area contributed by atoms with Crippen LogP contribution in [0.3, 0.4) is 0 Å². The molecule has 2 unspecified atom stereocenters. The molecule has 0 aliphatic carbocycles. The summed E-state index contributed by atoms with van der Waals surface area (Å²) in [7, 11) is 1.50. The van der Waals surface area contributed by atoms with Crippen LogP contribution >= 0.6 is 11.6 Å². The first-order valence-corrected chi connectivity index (χ1v) is 12.0. The summed E-state index contributed by atoms with van der Waals surface area (Å²) in [4.78, 5) is 12.8. The van der Waals surface area contributed by atoms with Crippen molar-refractivity contribution < 1.29 is 4.79 Å². The Labute approximate surface area is 209 Å². The number of nitrogens with two attached hydrogens (primary N) is 1. The zero-order valence-electron chi connectivity index (χ0n) is 20.1. The summed E-state index contributed by atoms with van der Waals surface area (Å²) in [6.45, 7) is 6.12. The van der Waals surface area contributed by atoms with Gasteiger partial charge in [-0.25, -0.2) is 0 Å². The average Bonchev–Trinajstić information content (AvgIpc) is 2.89. The second-order valence-electron chi connectivity index (χ2n) is 8.01. The van der Waals surface area contributed by atoms with Gasteiger partial charge in [-0.3, -0.25) is 4.79 Å². The second kappa shape index (κ2) is 14.9.